The predicted molar refractivity (Wildman–Crippen MR) is 90.3 cm³/mol. The van der Waals surface area contributed by atoms with Gasteiger partial charge in [-0.25, -0.2) is 4.68 Å². The highest BCUT2D eigenvalue weighted by atomic mass is 15.4. The molecule has 0 aliphatic carbocycles. The van der Waals surface area contributed by atoms with Gasteiger partial charge in [-0.2, -0.15) is 5.26 Å². The molecule has 4 nitrogen and oxygen atoms in total. The van der Waals surface area contributed by atoms with E-state index in [1.54, 1.807) is 4.68 Å². The van der Waals surface area contributed by atoms with Crippen LogP contribution in [0.4, 0.5) is 0 Å². The Morgan fingerprint density at radius 2 is 1.83 bits per heavy atom. The molecule has 1 aromatic heterocycles. The molecule has 0 spiro atoms. The second-order valence-corrected chi connectivity index (χ2v) is 5.93. The first-order chi connectivity index (χ1) is 11.1. The smallest absolute Gasteiger partial charge is 0.191 e. The molecule has 114 valence electrons. The van der Waals surface area contributed by atoms with Gasteiger partial charge in [0.15, 0.2) is 5.69 Å². The summed E-state index contributed by atoms with van der Waals surface area (Å²) in [7, 11) is 0. The molecule has 1 heterocycles. The number of hydrogen-bond donors (Lipinski definition) is 0. The maximum Gasteiger partial charge on any atom is 0.191 e. The van der Waals surface area contributed by atoms with Crippen molar-refractivity contribution in [2.45, 2.75) is 26.7 Å². The summed E-state index contributed by atoms with van der Waals surface area (Å²) < 4.78 is 1.73. The summed E-state index contributed by atoms with van der Waals surface area (Å²) in [4.78, 5) is 0. The summed E-state index contributed by atoms with van der Waals surface area (Å²) in [6, 6.07) is 18.4. The minimum atomic E-state index is 0.337. The van der Waals surface area contributed by atoms with E-state index in [4.69, 9.17) is 0 Å². The molecule has 3 aromatic rings. The molecule has 4 heteroatoms. The fourth-order valence-electron chi connectivity index (χ4n) is 2.59. The number of nitriles is 1. The van der Waals surface area contributed by atoms with Crippen molar-refractivity contribution < 1.29 is 0 Å². The van der Waals surface area contributed by atoms with Gasteiger partial charge in [-0.3, -0.25) is 0 Å². The number of benzene rings is 2. The lowest BCUT2D eigenvalue weighted by atomic mass is 10.0. The van der Waals surface area contributed by atoms with Crippen molar-refractivity contribution >= 4 is 0 Å². The van der Waals surface area contributed by atoms with Gasteiger partial charge in [-0.15, -0.1) is 5.10 Å². The molecule has 0 bridgehead atoms. The topological polar surface area (TPSA) is 54.5 Å². The van der Waals surface area contributed by atoms with Gasteiger partial charge in [0.1, 0.15) is 11.8 Å². The zero-order valence-electron chi connectivity index (χ0n) is 13.5. The molecular formula is C19H18N4. The number of hydrogen-bond acceptors (Lipinski definition) is 3. The largest absolute Gasteiger partial charge is 0.211 e. The average Bonchev–Trinajstić information content (AvgIpc) is 2.99. The van der Waals surface area contributed by atoms with Crippen molar-refractivity contribution in [3.05, 3.63) is 65.4 Å². The summed E-state index contributed by atoms with van der Waals surface area (Å²) >= 11 is 0. The monoisotopic (exact) mass is 302 g/mol. The minimum Gasteiger partial charge on any atom is -0.211 e. The molecule has 0 amide bonds. The Kier molecular flexibility index (Phi) is 3.94. The van der Waals surface area contributed by atoms with Crippen LogP contribution in [0.3, 0.4) is 0 Å². The van der Waals surface area contributed by atoms with Crippen molar-refractivity contribution in [3.8, 4) is 23.0 Å². The molecule has 3 rings (SSSR count). The molecular weight excluding hydrogens is 284 g/mol. The standard InChI is InChI=1S/C19H18N4/c1-13(2)15-7-9-17(10-8-15)23-19(18(12-20)21-22-23)16-6-4-5-14(3)11-16/h4-11,13H,1-3H3. The molecule has 0 aliphatic heterocycles. The fraction of sp³-hybridized carbons (Fsp3) is 0.211. The normalized spacial score (nSPS) is 10.7. The van der Waals surface area contributed by atoms with Crippen LogP contribution in [0.25, 0.3) is 16.9 Å². The van der Waals surface area contributed by atoms with Crippen LogP contribution in [-0.4, -0.2) is 15.0 Å². The van der Waals surface area contributed by atoms with E-state index < -0.39 is 0 Å². The van der Waals surface area contributed by atoms with Gasteiger partial charge in [0.25, 0.3) is 0 Å². The highest BCUT2D eigenvalue weighted by Crippen LogP contribution is 2.26. The van der Waals surface area contributed by atoms with Crippen LogP contribution >= 0.6 is 0 Å². The Morgan fingerprint density at radius 3 is 2.43 bits per heavy atom. The Labute approximate surface area is 136 Å². The lowest BCUT2D eigenvalue weighted by Crippen LogP contribution is -2.00. The van der Waals surface area contributed by atoms with Crippen molar-refractivity contribution in [1.29, 1.82) is 5.26 Å². The molecule has 2 aromatic carbocycles. The van der Waals surface area contributed by atoms with Gasteiger partial charge >= 0.3 is 0 Å². The van der Waals surface area contributed by atoms with E-state index >= 15 is 0 Å². The third kappa shape index (κ3) is 2.86. The maximum absolute atomic E-state index is 9.36. The summed E-state index contributed by atoms with van der Waals surface area (Å²) in [6.45, 7) is 6.36. The number of rotatable bonds is 3. The zero-order valence-corrected chi connectivity index (χ0v) is 13.5. The lowest BCUT2D eigenvalue weighted by molar-refractivity contribution is 0.803. The third-order valence-electron chi connectivity index (χ3n) is 3.87. The predicted octanol–water partition coefficient (Wildman–Crippen LogP) is 4.24. The first-order valence-electron chi connectivity index (χ1n) is 7.63. The van der Waals surface area contributed by atoms with Crippen molar-refractivity contribution in [1.82, 2.24) is 15.0 Å². The van der Waals surface area contributed by atoms with Gasteiger partial charge in [-0.05, 0) is 36.6 Å². The van der Waals surface area contributed by atoms with Gasteiger partial charge in [0, 0.05) is 5.56 Å². The quantitative estimate of drug-likeness (QED) is 0.727. The summed E-state index contributed by atoms with van der Waals surface area (Å²) in [6.07, 6.45) is 0. The Morgan fingerprint density at radius 1 is 1.09 bits per heavy atom. The van der Waals surface area contributed by atoms with Crippen LogP contribution in [-0.2, 0) is 0 Å². The van der Waals surface area contributed by atoms with E-state index in [-0.39, 0.29) is 0 Å². The first-order valence-corrected chi connectivity index (χ1v) is 7.63. The SMILES string of the molecule is Cc1cccc(-c2c(C#N)nnn2-c2ccc(C(C)C)cc2)c1. The van der Waals surface area contributed by atoms with Gasteiger partial charge in [0.2, 0.25) is 0 Å². The fourth-order valence-corrected chi connectivity index (χ4v) is 2.59. The molecule has 0 aliphatic rings. The molecule has 0 saturated heterocycles. The number of aromatic nitrogens is 3. The average molecular weight is 302 g/mol. The van der Waals surface area contributed by atoms with E-state index in [0.717, 1.165) is 22.5 Å². The Hall–Kier alpha value is -2.93. The van der Waals surface area contributed by atoms with Crippen LogP contribution in [0.2, 0.25) is 0 Å². The second kappa shape index (κ2) is 6.05. The van der Waals surface area contributed by atoms with Crippen molar-refractivity contribution in [3.63, 3.8) is 0 Å². The lowest BCUT2D eigenvalue weighted by Gasteiger charge is -2.10. The number of aryl methyl sites for hydroxylation is 1. The Balaban J connectivity index is 2.14. The van der Waals surface area contributed by atoms with Crippen LogP contribution in [0.1, 0.15) is 36.6 Å². The van der Waals surface area contributed by atoms with E-state index in [1.165, 1.54) is 5.56 Å². The van der Waals surface area contributed by atoms with E-state index in [1.807, 2.05) is 43.3 Å². The summed E-state index contributed by atoms with van der Waals surface area (Å²) in [5, 5.41) is 17.6. The number of nitrogens with zero attached hydrogens (tertiary/aromatic N) is 4. The van der Waals surface area contributed by atoms with Gasteiger partial charge < -0.3 is 0 Å². The Bertz CT molecular complexity index is 867. The van der Waals surface area contributed by atoms with Gasteiger partial charge in [0.05, 0.1) is 5.69 Å². The van der Waals surface area contributed by atoms with Crippen molar-refractivity contribution in [2.75, 3.05) is 0 Å². The molecule has 0 fully saturated rings. The maximum atomic E-state index is 9.36. The highest BCUT2D eigenvalue weighted by molar-refractivity contribution is 5.67. The highest BCUT2D eigenvalue weighted by Gasteiger charge is 2.16. The summed E-state index contributed by atoms with van der Waals surface area (Å²) in [5.74, 6) is 0.478. The van der Waals surface area contributed by atoms with E-state index in [9.17, 15) is 5.26 Å². The van der Waals surface area contributed by atoms with E-state index in [2.05, 4.69) is 42.4 Å². The van der Waals surface area contributed by atoms with Gasteiger partial charge in [-0.1, -0.05) is 55.0 Å². The van der Waals surface area contributed by atoms with Crippen LogP contribution in [0.5, 0.6) is 0 Å². The van der Waals surface area contributed by atoms with Crippen LogP contribution < -0.4 is 0 Å². The summed E-state index contributed by atoms with van der Waals surface area (Å²) in [5.41, 5.74) is 5.32. The first kappa shape index (κ1) is 15.0. The van der Waals surface area contributed by atoms with E-state index in [0.29, 0.717) is 11.6 Å². The molecule has 0 radical (unpaired) electrons. The second-order valence-electron chi connectivity index (χ2n) is 5.93. The van der Waals surface area contributed by atoms with Crippen LogP contribution in [0, 0.1) is 18.3 Å². The molecule has 0 atom stereocenters. The zero-order chi connectivity index (χ0) is 16.4. The minimum absolute atomic E-state index is 0.337. The van der Waals surface area contributed by atoms with Crippen molar-refractivity contribution in [2.24, 2.45) is 0 Å². The molecule has 0 saturated carbocycles. The molecule has 0 N–H and O–H groups in total. The molecule has 23 heavy (non-hydrogen) atoms. The third-order valence-corrected chi connectivity index (χ3v) is 3.87. The molecule has 0 unspecified atom stereocenters. The van der Waals surface area contributed by atoms with Crippen LogP contribution in [0.15, 0.2) is 48.5 Å².